The number of nitrogens with one attached hydrogen (secondary N) is 2. The number of benzene rings is 1. The Morgan fingerprint density at radius 3 is 2.41 bits per heavy atom. The molecule has 1 aromatic heterocycles. The van der Waals surface area contributed by atoms with Gasteiger partial charge >= 0.3 is 6.18 Å². The maximum absolute atomic E-state index is 12.6. The number of rotatable bonds is 8. The normalized spacial score (nSPS) is 14.2. The molecule has 1 fully saturated rings. The number of alkyl halides is 3. The zero-order chi connectivity index (χ0) is 24.7. The van der Waals surface area contributed by atoms with Crippen LogP contribution in [-0.2, 0) is 15.8 Å². The van der Waals surface area contributed by atoms with Gasteiger partial charge in [0.15, 0.2) is 18.1 Å². The number of aromatic nitrogens is 1. The summed E-state index contributed by atoms with van der Waals surface area (Å²) >= 11 is 0. The fourth-order valence-electron chi connectivity index (χ4n) is 3.53. The number of carbonyl (C=O) groups excluding carboxylic acids is 3. The minimum absolute atomic E-state index is 0.00641. The lowest BCUT2D eigenvalue weighted by molar-refractivity contribution is -0.141. The van der Waals surface area contributed by atoms with Crippen molar-refractivity contribution in [1.82, 2.24) is 10.3 Å². The molecule has 2 amide bonds. The first kappa shape index (κ1) is 25.0. The van der Waals surface area contributed by atoms with Gasteiger partial charge in [0.1, 0.15) is 5.69 Å². The Hall–Kier alpha value is -3.63. The molecule has 0 bridgehead atoms. The third-order valence-corrected chi connectivity index (χ3v) is 5.27. The molecule has 34 heavy (non-hydrogen) atoms. The molecule has 0 atom stereocenters. The molecule has 0 unspecified atom stereocenters. The molecule has 1 aliphatic carbocycles. The number of nitrogens with zero attached hydrogens (tertiary/aromatic N) is 1. The third kappa shape index (κ3) is 6.69. The Balaban J connectivity index is 1.57. The van der Waals surface area contributed by atoms with E-state index in [2.05, 4.69) is 15.6 Å². The fourth-order valence-corrected chi connectivity index (χ4v) is 3.53. The summed E-state index contributed by atoms with van der Waals surface area (Å²) < 4.78 is 48.3. The van der Waals surface area contributed by atoms with Crippen LogP contribution in [0.2, 0.25) is 0 Å². The Bertz CT molecular complexity index is 1040. The molecule has 1 aromatic carbocycles. The predicted octanol–water partition coefficient (Wildman–Crippen LogP) is 3.76. The lowest BCUT2D eigenvalue weighted by Gasteiger charge is -2.22. The van der Waals surface area contributed by atoms with Crippen molar-refractivity contribution < 1.29 is 37.0 Å². The lowest BCUT2D eigenvalue weighted by Crippen LogP contribution is -2.40. The van der Waals surface area contributed by atoms with Gasteiger partial charge in [-0.1, -0.05) is 19.3 Å². The SMILES string of the molecule is COc1cc(C(=O)C(=O)NC2CCCCC2)ccc1OCC(=O)Nc1ccc(C(F)(F)F)nc1. The first-order valence-corrected chi connectivity index (χ1v) is 10.7. The smallest absolute Gasteiger partial charge is 0.433 e. The van der Waals surface area contributed by atoms with Gasteiger partial charge in [0, 0.05) is 11.6 Å². The zero-order valence-corrected chi connectivity index (χ0v) is 18.4. The van der Waals surface area contributed by atoms with E-state index >= 15 is 0 Å². The summed E-state index contributed by atoms with van der Waals surface area (Å²) in [6, 6.07) is 5.95. The molecule has 11 heteroatoms. The minimum Gasteiger partial charge on any atom is -0.493 e. The van der Waals surface area contributed by atoms with Crippen LogP contribution in [0, 0.1) is 0 Å². The Morgan fingerprint density at radius 2 is 1.79 bits per heavy atom. The van der Waals surface area contributed by atoms with Crippen molar-refractivity contribution >= 4 is 23.3 Å². The van der Waals surface area contributed by atoms with Crippen molar-refractivity contribution in [2.24, 2.45) is 0 Å². The van der Waals surface area contributed by atoms with Crippen LogP contribution in [0.4, 0.5) is 18.9 Å². The molecule has 0 saturated heterocycles. The van der Waals surface area contributed by atoms with E-state index in [0.29, 0.717) is 0 Å². The van der Waals surface area contributed by atoms with Crippen molar-refractivity contribution in [2.75, 3.05) is 19.0 Å². The number of carbonyl (C=O) groups is 3. The van der Waals surface area contributed by atoms with Gasteiger partial charge in [-0.15, -0.1) is 0 Å². The van der Waals surface area contributed by atoms with Gasteiger partial charge in [0.05, 0.1) is 19.0 Å². The van der Waals surface area contributed by atoms with Gasteiger partial charge in [-0.25, -0.2) is 4.98 Å². The molecule has 1 aliphatic rings. The van der Waals surface area contributed by atoms with E-state index in [0.717, 1.165) is 50.4 Å². The molecular weight excluding hydrogens is 455 g/mol. The van der Waals surface area contributed by atoms with Crippen molar-refractivity contribution in [3.05, 3.63) is 47.8 Å². The van der Waals surface area contributed by atoms with Crippen LogP contribution in [0.15, 0.2) is 36.5 Å². The summed E-state index contributed by atoms with van der Waals surface area (Å²) in [5, 5.41) is 5.13. The number of hydrogen-bond donors (Lipinski definition) is 2. The second kappa shape index (κ2) is 11.0. The molecule has 0 radical (unpaired) electrons. The highest BCUT2D eigenvalue weighted by Crippen LogP contribution is 2.29. The molecule has 0 spiro atoms. The van der Waals surface area contributed by atoms with Crippen molar-refractivity contribution in [2.45, 2.75) is 44.3 Å². The van der Waals surface area contributed by atoms with Crippen LogP contribution in [-0.4, -0.2) is 42.3 Å². The standard InChI is InChI=1S/C23H24F3N3O5/c1-33-18-11-14(21(31)22(32)29-15-5-3-2-4-6-15)7-9-17(18)34-13-20(30)28-16-8-10-19(27-12-16)23(24,25)26/h7-12,15H,2-6,13H2,1H3,(H,28,30)(H,29,32). The maximum Gasteiger partial charge on any atom is 0.433 e. The quantitative estimate of drug-likeness (QED) is 0.441. The summed E-state index contributed by atoms with van der Waals surface area (Å²) in [6.07, 6.45) is 1.16. The summed E-state index contributed by atoms with van der Waals surface area (Å²) in [7, 11) is 1.34. The Kier molecular flexibility index (Phi) is 8.08. The summed E-state index contributed by atoms with van der Waals surface area (Å²) in [5.41, 5.74) is -0.898. The van der Waals surface area contributed by atoms with Gasteiger partial charge in [-0.2, -0.15) is 13.2 Å². The predicted molar refractivity (Wildman–Crippen MR) is 116 cm³/mol. The van der Waals surface area contributed by atoms with E-state index in [9.17, 15) is 27.6 Å². The molecular formula is C23H24F3N3O5. The second-order valence-electron chi connectivity index (χ2n) is 7.77. The number of hydrogen-bond acceptors (Lipinski definition) is 6. The van der Waals surface area contributed by atoms with Crippen LogP contribution in [0.1, 0.15) is 48.2 Å². The van der Waals surface area contributed by atoms with E-state index in [1.807, 2.05) is 0 Å². The number of anilines is 1. The fraction of sp³-hybridized carbons (Fsp3) is 0.391. The number of ketones is 1. The maximum atomic E-state index is 12.6. The first-order chi connectivity index (χ1) is 16.2. The molecule has 2 N–H and O–H groups in total. The van der Waals surface area contributed by atoms with E-state index in [1.165, 1.54) is 25.3 Å². The van der Waals surface area contributed by atoms with Gasteiger partial charge in [0.2, 0.25) is 5.78 Å². The average Bonchev–Trinajstić information content (AvgIpc) is 2.82. The summed E-state index contributed by atoms with van der Waals surface area (Å²) in [5.74, 6) is -1.75. The number of methoxy groups -OCH3 is 1. The first-order valence-electron chi connectivity index (χ1n) is 10.7. The van der Waals surface area contributed by atoms with E-state index < -0.39 is 36.1 Å². The van der Waals surface area contributed by atoms with E-state index in [4.69, 9.17) is 9.47 Å². The molecule has 8 nitrogen and oxygen atoms in total. The minimum atomic E-state index is -4.58. The van der Waals surface area contributed by atoms with Gasteiger partial charge < -0.3 is 20.1 Å². The van der Waals surface area contributed by atoms with Crippen molar-refractivity contribution in [3.8, 4) is 11.5 Å². The summed E-state index contributed by atoms with van der Waals surface area (Å²) in [6.45, 7) is -0.479. The van der Waals surface area contributed by atoms with Crippen LogP contribution >= 0.6 is 0 Å². The van der Waals surface area contributed by atoms with Gasteiger partial charge in [-0.3, -0.25) is 14.4 Å². The third-order valence-electron chi connectivity index (χ3n) is 5.27. The topological polar surface area (TPSA) is 107 Å². The monoisotopic (exact) mass is 479 g/mol. The molecule has 3 rings (SSSR count). The lowest BCUT2D eigenvalue weighted by atomic mass is 9.95. The Labute approximate surface area is 193 Å². The van der Waals surface area contributed by atoms with E-state index in [1.54, 1.807) is 0 Å². The zero-order valence-electron chi connectivity index (χ0n) is 18.4. The molecule has 1 saturated carbocycles. The van der Waals surface area contributed by atoms with Crippen LogP contribution in [0.25, 0.3) is 0 Å². The van der Waals surface area contributed by atoms with Gasteiger partial charge in [0.25, 0.3) is 11.8 Å². The second-order valence-corrected chi connectivity index (χ2v) is 7.77. The largest absolute Gasteiger partial charge is 0.493 e. The molecule has 182 valence electrons. The highest BCUT2D eigenvalue weighted by molar-refractivity contribution is 6.42. The number of amides is 2. The molecule has 2 aromatic rings. The van der Waals surface area contributed by atoms with Crippen molar-refractivity contribution in [1.29, 1.82) is 0 Å². The average molecular weight is 479 g/mol. The van der Waals surface area contributed by atoms with Crippen LogP contribution in [0.5, 0.6) is 11.5 Å². The summed E-state index contributed by atoms with van der Waals surface area (Å²) in [4.78, 5) is 40.2. The molecule has 0 aliphatic heterocycles. The number of Topliss-reactive ketones (excluding diaryl/α,β-unsaturated/α-hetero) is 1. The number of halogens is 3. The van der Waals surface area contributed by atoms with Crippen LogP contribution in [0.3, 0.4) is 0 Å². The van der Waals surface area contributed by atoms with E-state index in [-0.39, 0.29) is 28.8 Å². The molecule has 1 heterocycles. The highest BCUT2D eigenvalue weighted by Gasteiger charge is 2.32. The Morgan fingerprint density at radius 1 is 1.06 bits per heavy atom. The van der Waals surface area contributed by atoms with Crippen molar-refractivity contribution in [3.63, 3.8) is 0 Å². The van der Waals surface area contributed by atoms with Gasteiger partial charge in [-0.05, 0) is 43.2 Å². The number of pyridine rings is 1. The highest BCUT2D eigenvalue weighted by atomic mass is 19.4. The van der Waals surface area contributed by atoms with Crippen LogP contribution < -0.4 is 20.1 Å². The number of ether oxygens (including phenoxy) is 2.